The number of urea groups is 1. The quantitative estimate of drug-likeness (QED) is 0.749. The van der Waals surface area contributed by atoms with E-state index in [2.05, 4.69) is 59.5 Å². The SMILES string of the molecule is Cc1nc(N2CCOCC2)nc(C)c1N1C[C@]2(CC[C@](c3ccccc3)(N(C)C)CC2)NC1=O. The van der Waals surface area contributed by atoms with Gasteiger partial charge in [0.15, 0.2) is 0 Å². The Hall–Kier alpha value is -2.71. The average Bonchev–Trinajstić information content (AvgIpc) is 3.15. The number of anilines is 2. The molecule has 1 aliphatic carbocycles. The number of benzene rings is 1. The van der Waals surface area contributed by atoms with Gasteiger partial charge in [0.05, 0.1) is 42.4 Å². The van der Waals surface area contributed by atoms with Gasteiger partial charge in [0.2, 0.25) is 5.95 Å². The van der Waals surface area contributed by atoms with Crippen molar-refractivity contribution in [1.82, 2.24) is 20.2 Å². The van der Waals surface area contributed by atoms with Crippen LogP contribution in [0.3, 0.4) is 0 Å². The van der Waals surface area contributed by atoms with Crippen molar-refractivity contribution >= 4 is 17.7 Å². The normalized spacial score (nSPS) is 27.5. The predicted octanol–water partition coefficient (Wildman–Crippen LogP) is 3.23. The zero-order chi connectivity index (χ0) is 23.9. The third kappa shape index (κ3) is 3.92. The molecule has 1 saturated carbocycles. The number of nitrogens with one attached hydrogen (secondary N) is 1. The van der Waals surface area contributed by atoms with E-state index in [0.29, 0.717) is 19.8 Å². The van der Waals surface area contributed by atoms with Crippen LogP contribution < -0.4 is 15.1 Å². The lowest BCUT2D eigenvalue weighted by atomic mass is 9.69. The molecule has 8 heteroatoms. The number of aryl methyl sites for hydroxylation is 2. The third-order valence-corrected chi connectivity index (χ3v) is 8.06. The molecule has 34 heavy (non-hydrogen) atoms. The van der Waals surface area contributed by atoms with Crippen molar-refractivity contribution in [3.63, 3.8) is 0 Å². The number of carbonyl (C=O) groups is 1. The van der Waals surface area contributed by atoms with Crippen LogP contribution >= 0.6 is 0 Å². The van der Waals surface area contributed by atoms with Gasteiger partial charge in [-0.3, -0.25) is 9.80 Å². The Kier molecular flexibility index (Phi) is 5.98. The maximum atomic E-state index is 13.2. The first-order valence-electron chi connectivity index (χ1n) is 12.3. The summed E-state index contributed by atoms with van der Waals surface area (Å²) < 4.78 is 5.46. The standard InChI is InChI=1S/C26H36N6O2/c1-19-22(20(2)28-23(27-19)31-14-16-34-17-15-31)32-18-25(29-24(32)33)10-12-26(13-11-25,30(3)4)21-8-6-5-7-9-21/h5-9H,10-18H2,1-4H3,(H,29,33)/t25-,26+. The van der Waals surface area contributed by atoms with Crippen molar-refractivity contribution in [3.05, 3.63) is 47.3 Å². The molecule has 1 N–H and O–H groups in total. The maximum Gasteiger partial charge on any atom is 0.322 e. The first-order valence-corrected chi connectivity index (χ1v) is 12.3. The lowest BCUT2D eigenvalue weighted by molar-refractivity contribution is 0.0658. The van der Waals surface area contributed by atoms with E-state index < -0.39 is 0 Å². The second kappa shape index (κ2) is 8.82. The van der Waals surface area contributed by atoms with Crippen LogP contribution in [0.15, 0.2) is 30.3 Å². The van der Waals surface area contributed by atoms with Crippen LogP contribution in [-0.2, 0) is 10.3 Å². The van der Waals surface area contributed by atoms with E-state index >= 15 is 0 Å². The van der Waals surface area contributed by atoms with Gasteiger partial charge < -0.3 is 15.0 Å². The monoisotopic (exact) mass is 464 g/mol. The molecule has 8 nitrogen and oxygen atoms in total. The van der Waals surface area contributed by atoms with E-state index in [1.165, 1.54) is 5.56 Å². The number of ether oxygens (including phenoxy) is 1. The van der Waals surface area contributed by atoms with Gasteiger partial charge in [-0.15, -0.1) is 0 Å². The molecule has 1 aromatic heterocycles. The topological polar surface area (TPSA) is 73.8 Å². The van der Waals surface area contributed by atoms with E-state index in [9.17, 15) is 4.79 Å². The molecule has 1 spiro atoms. The van der Waals surface area contributed by atoms with E-state index in [1.54, 1.807) is 0 Å². The van der Waals surface area contributed by atoms with Crippen molar-refractivity contribution in [1.29, 1.82) is 0 Å². The molecule has 0 radical (unpaired) electrons. The fourth-order valence-corrected chi connectivity index (χ4v) is 6.04. The fourth-order valence-electron chi connectivity index (χ4n) is 6.04. The molecule has 3 aliphatic rings. The van der Waals surface area contributed by atoms with Gasteiger partial charge in [0, 0.05) is 18.6 Å². The molecule has 5 rings (SSSR count). The summed E-state index contributed by atoms with van der Waals surface area (Å²) in [6.07, 6.45) is 3.88. The molecule has 2 saturated heterocycles. The van der Waals surface area contributed by atoms with Crippen LogP contribution in [0.4, 0.5) is 16.4 Å². The largest absolute Gasteiger partial charge is 0.378 e. The van der Waals surface area contributed by atoms with Crippen molar-refractivity contribution in [2.24, 2.45) is 0 Å². The Morgan fingerprint density at radius 2 is 1.59 bits per heavy atom. The Balaban J connectivity index is 1.36. The average molecular weight is 465 g/mol. The molecule has 0 unspecified atom stereocenters. The molecule has 2 aromatic rings. The van der Waals surface area contributed by atoms with E-state index in [4.69, 9.17) is 14.7 Å². The molecular formula is C26H36N6O2. The van der Waals surface area contributed by atoms with Crippen LogP contribution in [0.1, 0.15) is 42.6 Å². The summed E-state index contributed by atoms with van der Waals surface area (Å²) in [7, 11) is 4.34. The molecule has 182 valence electrons. The number of nitrogens with zero attached hydrogens (tertiary/aromatic N) is 5. The minimum Gasteiger partial charge on any atom is -0.378 e. The third-order valence-electron chi connectivity index (χ3n) is 8.06. The molecule has 3 fully saturated rings. The smallest absolute Gasteiger partial charge is 0.322 e. The predicted molar refractivity (Wildman–Crippen MR) is 133 cm³/mol. The number of aromatic nitrogens is 2. The highest BCUT2D eigenvalue weighted by atomic mass is 16.5. The van der Waals surface area contributed by atoms with E-state index in [1.807, 2.05) is 18.7 Å². The van der Waals surface area contributed by atoms with Crippen molar-refractivity contribution in [3.8, 4) is 0 Å². The lowest BCUT2D eigenvalue weighted by Gasteiger charge is -2.48. The summed E-state index contributed by atoms with van der Waals surface area (Å²) in [5.74, 6) is 0.729. The highest BCUT2D eigenvalue weighted by molar-refractivity contribution is 5.96. The van der Waals surface area contributed by atoms with Crippen molar-refractivity contribution in [2.75, 3.05) is 56.7 Å². The van der Waals surface area contributed by atoms with Gasteiger partial charge in [-0.2, -0.15) is 0 Å². The van der Waals surface area contributed by atoms with Gasteiger partial charge >= 0.3 is 6.03 Å². The second-order valence-electron chi connectivity index (χ2n) is 10.2. The molecule has 3 heterocycles. The van der Waals surface area contributed by atoms with Crippen LogP contribution in [0.2, 0.25) is 0 Å². The molecule has 0 bridgehead atoms. The Morgan fingerprint density at radius 3 is 2.18 bits per heavy atom. The minimum absolute atomic E-state index is 0.000588. The van der Waals surface area contributed by atoms with Crippen LogP contribution in [0.25, 0.3) is 0 Å². The number of rotatable bonds is 4. The summed E-state index contributed by atoms with van der Waals surface area (Å²) in [5.41, 5.74) is 3.69. The maximum absolute atomic E-state index is 13.2. The Labute approximate surface area is 202 Å². The Bertz CT molecular complexity index is 1020. The van der Waals surface area contributed by atoms with E-state index in [0.717, 1.165) is 61.8 Å². The van der Waals surface area contributed by atoms with E-state index in [-0.39, 0.29) is 17.1 Å². The van der Waals surface area contributed by atoms with Gasteiger partial charge in [0.1, 0.15) is 0 Å². The minimum atomic E-state index is -0.215. The Morgan fingerprint density at radius 1 is 0.971 bits per heavy atom. The zero-order valence-corrected chi connectivity index (χ0v) is 20.8. The number of carbonyl (C=O) groups excluding carboxylic acids is 1. The summed E-state index contributed by atoms with van der Waals surface area (Å²) >= 11 is 0. The van der Waals surface area contributed by atoms with Gasteiger partial charge in [-0.05, 0) is 59.2 Å². The van der Waals surface area contributed by atoms with Crippen LogP contribution in [0.5, 0.6) is 0 Å². The summed E-state index contributed by atoms with van der Waals surface area (Å²) in [5, 5.41) is 3.36. The summed E-state index contributed by atoms with van der Waals surface area (Å²) in [6, 6.07) is 10.7. The first kappa shape index (κ1) is 23.1. The van der Waals surface area contributed by atoms with Gasteiger partial charge in [-0.25, -0.2) is 14.8 Å². The molecular weight excluding hydrogens is 428 g/mol. The summed E-state index contributed by atoms with van der Waals surface area (Å²) in [6.45, 7) is 7.60. The molecule has 2 aliphatic heterocycles. The molecule has 0 atom stereocenters. The van der Waals surface area contributed by atoms with Crippen molar-refractivity contribution in [2.45, 2.75) is 50.6 Å². The number of amides is 2. The van der Waals surface area contributed by atoms with Gasteiger partial charge in [-0.1, -0.05) is 30.3 Å². The fraction of sp³-hybridized carbons (Fsp3) is 0.577. The van der Waals surface area contributed by atoms with Gasteiger partial charge in [0.25, 0.3) is 0 Å². The number of hydrogen-bond donors (Lipinski definition) is 1. The zero-order valence-electron chi connectivity index (χ0n) is 20.8. The highest BCUT2D eigenvalue weighted by Crippen LogP contribution is 2.46. The lowest BCUT2D eigenvalue weighted by Crippen LogP contribution is -2.54. The second-order valence-corrected chi connectivity index (χ2v) is 10.2. The first-order chi connectivity index (χ1) is 16.3. The highest BCUT2D eigenvalue weighted by Gasteiger charge is 2.50. The number of morpholine rings is 1. The summed E-state index contributed by atoms with van der Waals surface area (Å²) in [4.78, 5) is 29.2. The van der Waals surface area contributed by atoms with Crippen molar-refractivity contribution < 1.29 is 9.53 Å². The van der Waals surface area contributed by atoms with Crippen LogP contribution in [0, 0.1) is 13.8 Å². The molecule has 2 amide bonds. The molecule has 1 aromatic carbocycles. The van der Waals surface area contributed by atoms with Crippen LogP contribution in [-0.4, -0.2) is 73.4 Å². The number of hydrogen-bond acceptors (Lipinski definition) is 6.